The van der Waals surface area contributed by atoms with Crippen LogP contribution in [0.3, 0.4) is 0 Å². The summed E-state index contributed by atoms with van der Waals surface area (Å²) < 4.78 is 7.57. The first-order chi connectivity index (χ1) is 15.6. The largest absolute Gasteiger partial charge is 0.494 e. The van der Waals surface area contributed by atoms with E-state index in [2.05, 4.69) is 22.5 Å². The number of carbonyl (C=O) groups is 1. The van der Waals surface area contributed by atoms with Crippen molar-refractivity contribution in [3.05, 3.63) is 65.1 Å². The molecule has 7 heteroatoms. The fraction of sp³-hybridized carbons (Fsp3) is 0.280. The highest BCUT2D eigenvalue weighted by molar-refractivity contribution is 7.12. The van der Waals surface area contributed by atoms with E-state index in [1.54, 1.807) is 7.11 Å². The first-order valence-electron chi connectivity index (χ1n) is 10.9. The van der Waals surface area contributed by atoms with Gasteiger partial charge in [0, 0.05) is 29.4 Å². The molecular weight excluding hydrogens is 420 g/mol. The Kier molecular flexibility index (Phi) is 5.68. The van der Waals surface area contributed by atoms with Gasteiger partial charge in [-0.15, -0.1) is 11.3 Å². The number of ether oxygens (including phenoxy) is 1. The lowest BCUT2D eigenvalue weighted by atomic mass is 9.91. The number of nitrogens with one attached hydrogen (secondary N) is 1. The van der Waals surface area contributed by atoms with Crippen molar-refractivity contribution in [2.45, 2.75) is 37.8 Å². The molecule has 1 amide bonds. The predicted octanol–water partition coefficient (Wildman–Crippen LogP) is 4.74. The summed E-state index contributed by atoms with van der Waals surface area (Å²) in [6.07, 6.45) is 7.99. The van der Waals surface area contributed by atoms with Crippen LogP contribution in [0.15, 0.2) is 60.2 Å². The number of nitrogens with zero attached hydrogens (tertiary/aromatic N) is 2. The molecule has 3 aromatic heterocycles. The van der Waals surface area contributed by atoms with Crippen LogP contribution in [0.2, 0.25) is 0 Å². The van der Waals surface area contributed by atoms with Gasteiger partial charge >= 0.3 is 0 Å². The molecular formula is C25H26N4O2S. The molecule has 0 spiro atoms. The zero-order chi connectivity index (χ0) is 22.1. The van der Waals surface area contributed by atoms with E-state index in [1.807, 2.05) is 52.6 Å². The number of aromatic nitrogens is 2. The zero-order valence-corrected chi connectivity index (χ0v) is 18.8. The first kappa shape index (κ1) is 20.7. The molecule has 6 nitrogen and oxygen atoms in total. The maximum Gasteiger partial charge on any atom is 0.261 e. The number of methoxy groups -OCH3 is 1. The minimum absolute atomic E-state index is 0.0369. The molecule has 1 saturated carbocycles. The fourth-order valence-electron chi connectivity index (χ4n) is 4.41. The van der Waals surface area contributed by atoms with Crippen molar-refractivity contribution in [3.8, 4) is 28.0 Å². The predicted molar refractivity (Wildman–Crippen MR) is 128 cm³/mol. The Bertz CT molecular complexity index is 1250. The summed E-state index contributed by atoms with van der Waals surface area (Å²) in [6, 6.07) is 14.2. The number of rotatable bonds is 5. The number of hydrogen-bond acceptors (Lipinski definition) is 5. The molecule has 1 aliphatic rings. The van der Waals surface area contributed by atoms with Gasteiger partial charge < -0.3 is 15.8 Å². The summed E-state index contributed by atoms with van der Waals surface area (Å²) in [7, 11) is 1.67. The maximum absolute atomic E-state index is 12.8. The van der Waals surface area contributed by atoms with E-state index in [4.69, 9.17) is 10.5 Å². The van der Waals surface area contributed by atoms with Crippen molar-refractivity contribution in [3.63, 3.8) is 0 Å². The van der Waals surface area contributed by atoms with Gasteiger partial charge in [-0.05, 0) is 41.5 Å². The maximum atomic E-state index is 12.8. The van der Waals surface area contributed by atoms with Crippen LogP contribution in [-0.4, -0.2) is 34.7 Å². The highest BCUT2D eigenvalue weighted by Gasteiger charge is 2.24. The van der Waals surface area contributed by atoms with E-state index in [0.717, 1.165) is 59.2 Å². The average Bonchev–Trinajstić information content (AvgIpc) is 3.48. The van der Waals surface area contributed by atoms with Crippen LogP contribution in [0.4, 0.5) is 0 Å². The summed E-state index contributed by atoms with van der Waals surface area (Å²) in [5.74, 6) is 0.683. The van der Waals surface area contributed by atoms with Crippen LogP contribution >= 0.6 is 11.3 Å². The first-order valence-corrected chi connectivity index (χ1v) is 11.8. The summed E-state index contributed by atoms with van der Waals surface area (Å²) in [4.78, 5) is 13.5. The number of carbonyl (C=O) groups excluding carboxylic acids is 1. The van der Waals surface area contributed by atoms with Crippen LogP contribution in [-0.2, 0) is 0 Å². The third-order valence-corrected chi connectivity index (χ3v) is 7.10. The minimum Gasteiger partial charge on any atom is -0.494 e. The fourth-order valence-corrected chi connectivity index (χ4v) is 5.22. The molecule has 5 rings (SSSR count). The van der Waals surface area contributed by atoms with Crippen LogP contribution in [0, 0.1) is 0 Å². The molecule has 0 radical (unpaired) electrons. The standard InChI is InChI=1S/C25H26N4O2S/c1-31-22-11-17(16-7-3-2-4-8-16)14-29-24(22)19(13-27-29)18-12-23(32-15-18)25(30)28-21-10-6-5-9-20(21)26/h2-4,7-8,11-15,20-21H,5-6,9-10,26H2,1H3,(H,28,30). The third kappa shape index (κ3) is 3.89. The number of hydrogen-bond donors (Lipinski definition) is 2. The topological polar surface area (TPSA) is 81.7 Å². The van der Waals surface area contributed by atoms with Crippen molar-refractivity contribution >= 4 is 22.8 Å². The molecule has 1 fully saturated rings. The van der Waals surface area contributed by atoms with Crippen LogP contribution in [0.5, 0.6) is 5.75 Å². The van der Waals surface area contributed by atoms with Crippen molar-refractivity contribution in [1.29, 1.82) is 0 Å². The Morgan fingerprint density at radius 2 is 1.97 bits per heavy atom. The second kappa shape index (κ2) is 8.76. The van der Waals surface area contributed by atoms with Gasteiger partial charge in [0.15, 0.2) is 0 Å². The SMILES string of the molecule is COc1cc(-c2ccccc2)cn2ncc(-c3csc(C(=O)NC4CCCCC4N)c3)c12. The minimum atomic E-state index is -0.0570. The Labute approximate surface area is 191 Å². The Morgan fingerprint density at radius 3 is 2.75 bits per heavy atom. The molecule has 164 valence electrons. The number of amides is 1. The molecule has 1 aliphatic carbocycles. The van der Waals surface area contributed by atoms with Gasteiger partial charge in [0.25, 0.3) is 5.91 Å². The van der Waals surface area contributed by atoms with Gasteiger partial charge in [0.1, 0.15) is 11.3 Å². The summed E-state index contributed by atoms with van der Waals surface area (Å²) in [5.41, 5.74) is 11.1. The molecule has 2 unspecified atom stereocenters. The normalized spacial score (nSPS) is 18.6. The smallest absolute Gasteiger partial charge is 0.261 e. The molecule has 32 heavy (non-hydrogen) atoms. The molecule has 4 aromatic rings. The van der Waals surface area contributed by atoms with E-state index in [1.165, 1.54) is 11.3 Å². The Morgan fingerprint density at radius 1 is 1.16 bits per heavy atom. The number of pyridine rings is 1. The van der Waals surface area contributed by atoms with Crippen molar-refractivity contribution < 1.29 is 9.53 Å². The third-order valence-electron chi connectivity index (χ3n) is 6.17. The number of benzene rings is 1. The Hall–Kier alpha value is -3.16. The highest BCUT2D eigenvalue weighted by atomic mass is 32.1. The number of fused-ring (bicyclic) bond motifs is 1. The lowest BCUT2D eigenvalue weighted by Gasteiger charge is -2.29. The quantitative estimate of drug-likeness (QED) is 0.464. The van der Waals surface area contributed by atoms with E-state index in [0.29, 0.717) is 4.88 Å². The van der Waals surface area contributed by atoms with Crippen molar-refractivity contribution in [2.24, 2.45) is 5.73 Å². The van der Waals surface area contributed by atoms with Gasteiger partial charge in [0.2, 0.25) is 0 Å². The molecule has 1 aromatic carbocycles. The van der Waals surface area contributed by atoms with Gasteiger partial charge in [-0.2, -0.15) is 5.10 Å². The number of nitrogens with two attached hydrogens (primary N) is 1. The van der Waals surface area contributed by atoms with Crippen molar-refractivity contribution in [2.75, 3.05) is 7.11 Å². The molecule has 0 bridgehead atoms. The van der Waals surface area contributed by atoms with E-state index >= 15 is 0 Å². The van der Waals surface area contributed by atoms with E-state index < -0.39 is 0 Å². The Balaban J connectivity index is 1.45. The second-order valence-electron chi connectivity index (χ2n) is 8.24. The zero-order valence-electron chi connectivity index (χ0n) is 18.0. The molecule has 2 atom stereocenters. The van der Waals surface area contributed by atoms with Crippen LogP contribution < -0.4 is 15.8 Å². The average molecular weight is 447 g/mol. The van der Waals surface area contributed by atoms with Gasteiger partial charge in [-0.1, -0.05) is 43.2 Å². The lowest BCUT2D eigenvalue weighted by molar-refractivity contribution is 0.0925. The van der Waals surface area contributed by atoms with Crippen LogP contribution in [0.1, 0.15) is 35.4 Å². The van der Waals surface area contributed by atoms with Crippen molar-refractivity contribution in [1.82, 2.24) is 14.9 Å². The summed E-state index contributed by atoms with van der Waals surface area (Å²) in [6.45, 7) is 0. The van der Waals surface area contributed by atoms with Gasteiger partial charge in [-0.25, -0.2) is 4.52 Å². The molecule has 0 saturated heterocycles. The second-order valence-corrected chi connectivity index (χ2v) is 9.15. The van der Waals surface area contributed by atoms with Gasteiger partial charge in [0.05, 0.1) is 18.2 Å². The monoisotopic (exact) mass is 446 g/mol. The highest BCUT2D eigenvalue weighted by Crippen LogP contribution is 2.36. The van der Waals surface area contributed by atoms with Gasteiger partial charge in [-0.3, -0.25) is 4.79 Å². The molecule has 0 aliphatic heterocycles. The molecule has 3 N–H and O–H groups in total. The van der Waals surface area contributed by atoms with E-state index in [9.17, 15) is 4.79 Å². The summed E-state index contributed by atoms with van der Waals surface area (Å²) in [5, 5.41) is 9.70. The van der Waals surface area contributed by atoms with E-state index in [-0.39, 0.29) is 18.0 Å². The summed E-state index contributed by atoms with van der Waals surface area (Å²) >= 11 is 1.44. The lowest BCUT2D eigenvalue weighted by Crippen LogP contribution is -2.49. The number of thiophene rings is 1. The van der Waals surface area contributed by atoms with Crippen LogP contribution in [0.25, 0.3) is 27.8 Å². The molecule has 3 heterocycles.